The number of hydrogen-bond donors (Lipinski definition) is 0. The third kappa shape index (κ3) is 2.86. The number of benzene rings is 2. The number of hydrogen-bond acceptors (Lipinski definition) is 1. The second kappa shape index (κ2) is 5.47. The smallest absolute Gasteiger partial charge is 0.0849 e. The summed E-state index contributed by atoms with van der Waals surface area (Å²) in [5, 5.41) is 3.36. The molecule has 108 valence electrons. The van der Waals surface area contributed by atoms with Gasteiger partial charge in [0.15, 0.2) is 0 Å². The molecule has 21 heavy (non-hydrogen) atoms. The zero-order chi connectivity index (χ0) is 15.0. The molecule has 3 aromatic rings. The third-order valence-electron chi connectivity index (χ3n) is 3.85. The van der Waals surface area contributed by atoms with E-state index in [-0.39, 0.29) is 10.8 Å². The quantitative estimate of drug-likeness (QED) is 0.472. The molecule has 0 aliphatic heterocycles. The Labute approximate surface area is 135 Å². The van der Waals surface area contributed by atoms with E-state index >= 15 is 0 Å². The molecular weight excluding hydrogens is 296 g/mol. The summed E-state index contributed by atoms with van der Waals surface area (Å²) in [6, 6.07) is 17.2. The summed E-state index contributed by atoms with van der Waals surface area (Å²) in [4.78, 5) is 0. The first-order chi connectivity index (χ1) is 9.97. The normalized spacial score (nSPS) is 13.5. The SMILES string of the molecule is CC(C)(C)c1ccc(C(Cl)c2csc3ccccc23)cc1. The maximum Gasteiger partial charge on any atom is 0.0849 e. The van der Waals surface area contributed by atoms with E-state index in [1.165, 1.54) is 21.2 Å². The van der Waals surface area contributed by atoms with E-state index in [9.17, 15) is 0 Å². The number of rotatable bonds is 2. The van der Waals surface area contributed by atoms with Crippen molar-refractivity contribution in [1.29, 1.82) is 0 Å². The van der Waals surface area contributed by atoms with E-state index < -0.39 is 0 Å². The van der Waals surface area contributed by atoms with Gasteiger partial charge in [-0.15, -0.1) is 22.9 Å². The second-order valence-corrected chi connectivity index (χ2v) is 7.77. The Hall–Kier alpha value is -1.31. The van der Waals surface area contributed by atoms with Gasteiger partial charge in [-0.05, 0) is 38.9 Å². The predicted molar refractivity (Wildman–Crippen MR) is 94.7 cm³/mol. The van der Waals surface area contributed by atoms with E-state index in [0.29, 0.717) is 0 Å². The summed E-state index contributed by atoms with van der Waals surface area (Å²) in [6.07, 6.45) is 0. The van der Waals surface area contributed by atoms with Crippen LogP contribution in [0.25, 0.3) is 10.1 Å². The number of halogens is 1. The van der Waals surface area contributed by atoms with E-state index in [1.54, 1.807) is 11.3 Å². The van der Waals surface area contributed by atoms with Crippen molar-refractivity contribution in [2.75, 3.05) is 0 Å². The molecule has 1 heterocycles. The minimum absolute atomic E-state index is 0.0878. The molecule has 1 unspecified atom stereocenters. The van der Waals surface area contributed by atoms with Gasteiger partial charge in [-0.2, -0.15) is 0 Å². The van der Waals surface area contributed by atoms with Gasteiger partial charge in [0.05, 0.1) is 5.38 Å². The van der Waals surface area contributed by atoms with E-state index in [0.717, 1.165) is 5.56 Å². The van der Waals surface area contributed by atoms with Gasteiger partial charge in [-0.1, -0.05) is 63.2 Å². The van der Waals surface area contributed by atoms with Gasteiger partial charge in [0.1, 0.15) is 0 Å². The molecule has 0 N–H and O–H groups in total. The maximum atomic E-state index is 6.73. The predicted octanol–water partition coefficient (Wildman–Crippen LogP) is 6.53. The largest absolute Gasteiger partial charge is 0.143 e. The van der Waals surface area contributed by atoms with Crippen LogP contribution in [0.15, 0.2) is 53.9 Å². The summed E-state index contributed by atoms with van der Waals surface area (Å²) < 4.78 is 1.30. The summed E-state index contributed by atoms with van der Waals surface area (Å²) >= 11 is 8.49. The van der Waals surface area contributed by atoms with Crippen molar-refractivity contribution in [1.82, 2.24) is 0 Å². The molecule has 0 radical (unpaired) electrons. The van der Waals surface area contributed by atoms with Crippen LogP contribution in [0.5, 0.6) is 0 Å². The molecule has 0 nitrogen and oxygen atoms in total. The topological polar surface area (TPSA) is 0 Å². The fraction of sp³-hybridized carbons (Fsp3) is 0.263. The lowest BCUT2D eigenvalue weighted by molar-refractivity contribution is 0.590. The molecule has 3 rings (SSSR count). The Kier molecular flexibility index (Phi) is 3.81. The Bertz CT molecular complexity index is 747. The van der Waals surface area contributed by atoms with Crippen LogP contribution in [-0.4, -0.2) is 0 Å². The molecule has 0 saturated heterocycles. The Balaban J connectivity index is 1.97. The van der Waals surface area contributed by atoms with Crippen LogP contribution in [0.2, 0.25) is 0 Å². The molecule has 2 aromatic carbocycles. The summed E-state index contributed by atoms with van der Waals surface area (Å²) in [5.74, 6) is 0. The molecule has 0 spiro atoms. The second-order valence-electron chi connectivity index (χ2n) is 6.42. The number of fused-ring (bicyclic) bond motifs is 1. The average molecular weight is 315 g/mol. The fourth-order valence-corrected chi connectivity index (χ4v) is 3.91. The van der Waals surface area contributed by atoms with Crippen molar-refractivity contribution in [3.63, 3.8) is 0 Å². The van der Waals surface area contributed by atoms with Crippen molar-refractivity contribution in [2.45, 2.75) is 31.6 Å². The number of alkyl halides is 1. The highest BCUT2D eigenvalue weighted by atomic mass is 35.5. The van der Waals surface area contributed by atoms with E-state index in [2.05, 4.69) is 74.7 Å². The van der Waals surface area contributed by atoms with Gasteiger partial charge < -0.3 is 0 Å². The first-order valence-corrected chi connectivity index (χ1v) is 8.49. The lowest BCUT2D eigenvalue weighted by atomic mass is 9.86. The summed E-state index contributed by atoms with van der Waals surface area (Å²) in [6.45, 7) is 6.69. The summed E-state index contributed by atoms with van der Waals surface area (Å²) in [5.41, 5.74) is 3.88. The van der Waals surface area contributed by atoms with E-state index in [4.69, 9.17) is 11.6 Å². The molecule has 2 heteroatoms. The highest BCUT2D eigenvalue weighted by Gasteiger charge is 2.17. The lowest BCUT2D eigenvalue weighted by Crippen LogP contribution is -2.10. The van der Waals surface area contributed by atoms with E-state index in [1.807, 2.05) is 0 Å². The first kappa shape index (κ1) is 14.6. The lowest BCUT2D eigenvalue weighted by Gasteiger charge is -2.20. The monoisotopic (exact) mass is 314 g/mol. The van der Waals surface area contributed by atoms with Gasteiger partial charge >= 0.3 is 0 Å². The fourth-order valence-electron chi connectivity index (χ4n) is 2.53. The molecule has 0 aliphatic rings. The van der Waals surface area contributed by atoms with Crippen LogP contribution >= 0.6 is 22.9 Å². The standard InChI is InChI=1S/C19H19ClS/c1-19(2,3)14-10-8-13(9-11-14)18(20)16-12-21-17-7-5-4-6-15(16)17/h4-12,18H,1-3H3. The molecule has 0 saturated carbocycles. The van der Waals surface area contributed by atoms with Gasteiger partial charge in [-0.25, -0.2) is 0 Å². The van der Waals surface area contributed by atoms with Crippen LogP contribution in [-0.2, 0) is 5.41 Å². The zero-order valence-corrected chi connectivity index (χ0v) is 14.1. The van der Waals surface area contributed by atoms with Gasteiger partial charge in [0, 0.05) is 4.70 Å². The minimum atomic E-state index is -0.0878. The van der Waals surface area contributed by atoms with Crippen molar-refractivity contribution < 1.29 is 0 Å². The van der Waals surface area contributed by atoms with Crippen LogP contribution in [0.3, 0.4) is 0 Å². The molecule has 0 fully saturated rings. The third-order valence-corrected chi connectivity index (χ3v) is 5.32. The van der Waals surface area contributed by atoms with Crippen LogP contribution < -0.4 is 0 Å². The van der Waals surface area contributed by atoms with Gasteiger partial charge in [-0.3, -0.25) is 0 Å². The van der Waals surface area contributed by atoms with Crippen LogP contribution in [0.4, 0.5) is 0 Å². The zero-order valence-electron chi connectivity index (χ0n) is 12.6. The van der Waals surface area contributed by atoms with Crippen molar-refractivity contribution >= 4 is 33.0 Å². The van der Waals surface area contributed by atoms with Crippen LogP contribution in [0.1, 0.15) is 42.8 Å². The highest BCUT2D eigenvalue weighted by molar-refractivity contribution is 7.17. The van der Waals surface area contributed by atoms with Crippen molar-refractivity contribution in [3.8, 4) is 0 Å². The summed E-state index contributed by atoms with van der Waals surface area (Å²) in [7, 11) is 0. The van der Waals surface area contributed by atoms with Crippen LogP contribution in [0, 0.1) is 0 Å². The maximum absolute atomic E-state index is 6.73. The van der Waals surface area contributed by atoms with Crippen molar-refractivity contribution in [2.24, 2.45) is 0 Å². The van der Waals surface area contributed by atoms with Crippen molar-refractivity contribution in [3.05, 3.63) is 70.6 Å². The highest BCUT2D eigenvalue weighted by Crippen LogP contribution is 2.37. The Morgan fingerprint density at radius 3 is 2.29 bits per heavy atom. The molecule has 0 bridgehead atoms. The van der Waals surface area contributed by atoms with Gasteiger partial charge in [0.2, 0.25) is 0 Å². The molecule has 0 aliphatic carbocycles. The Morgan fingerprint density at radius 1 is 0.952 bits per heavy atom. The Morgan fingerprint density at radius 2 is 1.62 bits per heavy atom. The molecule has 1 aromatic heterocycles. The number of thiophene rings is 1. The molecular formula is C19H19ClS. The molecule has 1 atom stereocenters. The molecule has 0 amide bonds. The average Bonchev–Trinajstić information content (AvgIpc) is 2.90. The minimum Gasteiger partial charge on any atom is -0.143 e. The first-order valence-electron chi connectivity index (χ1n) is 7.17. The van der Waals surface area contributed by atoms with Gasteiger partial charge in [0.25, 0.3) is 0 Å².